The molecule has 0 bridgehead atoms. The minimum Gasteiger partial charge on any atom is -0.505 e. The van der Waals surface area contributed by atoms with Gasteiger partial charge in [0.2, 0.25) is 35.1 Å². The normalized spacial score (nSPS) is 10.8. The zero-order chi connectivity index (χ0) is 76.2. The van der Waals surface area contributed by atoms with Crippen LogP contribution in [0.2, 0.25) is 0 Å². The summed E-state index contributed by atoms with van der Waals surface area (Å²) in [6.45, 7) is 10.3. The van der Waals surface area contributed by atoms with Gasteiger partial charge in [-0.3, -0.25) is 24.0 Å². The average Bonchev–Trinajstić information content (AvgIpc) is 1.75. The number of alkyl halides is 2. The maximum absolute atomic E-state index is 14.2. The molecular formula is C69H64Cl3F6N13O14. The maximum atomic E-state index is 14.2. The average molecular weight is 1520 g/mol. The van der Waals surface area contributed by atoms with Gasteiger partial charge < -0.3 is 70.8 Å². The summed E-state index contributed by atoms with van der Waals surface area (Å²) in [5.74, 6) is -9.97. The van der Waals surface area contributed by atoms with Crippen LogP contribution in [-0.4, -0.2) is 86.5 Å². The smallest absolute Gasteiger partial charge is 0.310 e. The van der Waals surface area contributed by atoms with E-state index < -0.39 is 86.3 Å². The predicted molar refractivity (Wildman–Crippen MR) is 368 cm³/mol. The number of hydrogen-bond acceptors (Lipinski definition) is 24. The van der Waals surface area contributed by atoms with E-state index in [9.17, 15) is 50.3 Å². The van der Waals surface area contributed by atoms with Crippen LogP contribution in [0.25, 0.3) is 45.6 Å². The molecule has 0 fully saturated rings. The summed E-state index contributed by atoms with van der Waals surface area (Å²) in [5, 5.41) is 23.9. The van der Waals surface area contributed by atoms with E-state index in [4.69, 9.17) is 88.3 Å². The van der Waals surface area contributed by atoms with Gasteiger partial charge in [-0.2, -0.15) is 19.9 Å². The number of esters is 2. The third kappa shape index (κ3) is 24.3. The van der Waals surface area contributed by atoms with Crippen molar-refractivity contribution in [2.24, 2.45) is 17.2 Å². The highest BCUT2D eigenvalue weighted by atomic mass is 35.5. The summed E-state index contributed by atoms with van der Waals surface area (Å²) in [5.41, 5.74) is 27.9. The van der Waals surface area contributed by atoms with Crippen molar-refractivity contribution in [3.8, 4) is 62.8 Å². The number of carbonyl (C=O) groups is 5. The molecular weight excluding hydrogens is 1460 g/mol. The van der Waals surface area contributed by atoms with Gasteiger partial charge in [-0.1, -0.05) is 69.2 Å². The van der Waals surface area contributed by atoms with Gasteiger partial charge in [0.05, 0.1) is 12.8 Å². The molecule has 4 aromatic heterocycles. The highest BCUT2D eigenvalue weighted by Gasteiger charge is 2.24. The first-order valence-corrected chi connectivity index (χ1v) is 31.3. The Balaban J connectivity index is 0.000000214. The fourth-order valence-corrected chi connectivity index (χ4v) is 8.62. The minimum atomic E-state index is -1.33. The number of rotatable bonds is 19. The SMILES string of the molecule is CC(C)(C)OC(=O)Cc1ccc(-c2noc(CCl)n2)cc1.CC(C)(C)OC(=O)Cc1ccc(-c2noc(COc3ccc(F)c(C(N)=O)c3F)n2)cc1.Cl.NC(=O)c1c(F)ccc(O)c1F.NC(=O)c1c(F)ccc(OCc2nc(-c3ccc(N)cc3)no2)c1F.Nc1ccc(-c2noc(CCl)n2)cc1. The summed E-state index contributed by atoms with van der Waals surface area (Å²) in [7, 11) is 0. The number of aromatic hydroxyl groups is 1. The molecule has 105 heavy (non-hydrogen) atoms. The van der Waals surface area contributed by atoms with Crippen LogP contribution < -0.4 is 38.1 Å². The van der Waals surface area contributed by atoms with E-state index in [2.05, 4.69) is 46.3 Å². The molecule has 0 saturated heterocycles. The van der Waals surface area contributed by atoms with Crippen molar-refractivity contribution >= 4 is 76.6 Å². The molecule has 0 atom stereocenters. The van der Waals surface area contributed by atoms with Gasteiger partial charge in [0.1, 0.15) is 57.1 Å². The van der Waals surface area contributed by atoms with E-state index in [0.717, 1.165) is 58.7 Å². The second kappa shape index (κ2) is 37.2. The first-order valence-electron chi connectivity index (χ1n) is 30.2. The van der Waals surface area contributed by atoms with Gasteiger partial charge in [0.25, 0.3) is 29.5 Å². The molecule has 0 saturated carbocycles. The van der Waals surface area contributed by atoms with E-state index in [0.29, 0.717) is 51.8 Å². The van der Waals surface area contributed by atoms with Crippen molar-refractivity contribution in [1.82, 2.24) is 40.6 Å². The maximum Gasteiger partial charge on any atom is 0.310 e. The molecule has 3 amide bonds. The molecule has 11 N–H and O–H groups in total. The van der Waals surface area contributed by atoms with Crippen LogP contribution in [0.5, 0.6) is 17.2 Å². The van der Waals surface area contributed by atoms with E-state index in [1.807, 2.05) is 57.2 Å². The van der Waals surface area contributed by atoms with Crippen LogP contribution >= 0.6 is 35.6 Å². The van der Waals surface area contributed by atoms with Crippen molar-refractivity contribution < 1.29 is 92.5 Å². The Hall–Kier alpha value is -12.1. The number of nitrogens with zero attached hydrogens (tertiary/aromatic N) is 8. The molecule has 36 heteroatoms. The second-order valence-electron chi connectivity index (χ2n) is 23.4. The van der Waals surface area contributed by atoms with E-state index in [-0.39, 0.29) is 91.3 Å². The Morgan fingerprint density at radius 2 is 0.695 bits per heavy atom. The third-order valence-corrected chi connectivity index (χ3v) is 13.5. The minimum absolute atomic E-state index is 0. The van der Waals surface area contributed by atoms with Gasteiger partial charge in [-0.15, -0.1) is 35.6 Å². The van der Waals surface area contributed by atoms with Crippen LogP contribution in [0, 0.1) is 34.9 Å². The summed E-state index contributed by atoms with van der Waals surface area (Å²) in [6.07, 6.45) is 0.357. The number of primary amides is 3. The Kier molecular flexibility index (Phi) is 29.0. The molecule has 0 aliphatic carbocycles. The van der Waals surface area contributed by atoms with Gasteiger partial charge in [-0.25, -0.2) is 26.3 Å². The lowest BCUT2D eigenvalue weighted by Crippen LogP contribution is -2.24. The predicted octanol–water partition coefficient (Wildman–Crippen LogP) is 12.5. The number of anilines is 2. The second-order valence-corrected chi connectivity index (χ2v) is 23.9. The highest BCUT2D eigenvalue weighted by molar-refractivity contribution is 6.16. The molecule has 11 rings (SSSR count). The fraction of sp³-hybridized carbons (Fsp3) is 0.203. The quantitative estimate of drug-likeness (QED) is 0.0189. The van der Waals surface area contributed by atoms with Gasteiger partial charge in [0, 0.05) is 33.6 Å². The zero-order valence-corrected chi connectivity index (χ0v) is 58.4. The molecule has 7 aromatic carbocycles. The van der Waals surface area contributed by atoms with Crippen LogP contribution in [0.3, 0.4) is 0 Å². The van der Waals surface area contributed by atoms with E-state index >= 15 is 0 Å². The summed E-state index contributed by atoms with van der Waals surface area (Å²) < 4.78 is 121. The first-order chi connectivity index (χ1) is 49.2. The molecule has 27 nitrogen and oxygen atoms in total. The van der Waals surface area contributed by atoms with Gasteiger partial charge in [0.15, 0.2) is 47.9 Å². The number of amides is 3. The number of ether oxygens (including phenoxy) is 4. The fourth-order valence-electron chi connectivity index (χ4n) is 8.40. The number of nitrogens with two attached hydrogens (primary N) is 5. The van der Waals surface area contributed by atoms with E-state index in [1.165, 1.54) is 0 Å². The van der Waals surface area contributed by atoms with Crippen LogP contribution in [0.1, 0.15) is 107 Å². The number of halogens is 9. The number of benzene rings is 7. The molecule has 0 unspecified atom stereocenters. The Morgan fingerprint density at radius 3 is 0.971 bits per heavy atom. The van der Waals surface area contributed by atoms with Gasteiger partial charge >= 0.3 is 11.9 Å². The number of hydrogen-bond donors (Lipinski definition) is 6. The summed E-state index contributed by atoms with van der Waals surface area (Å²) in [6, 6.07) is 33.7. The number of nitrogen functional groups attached to an aromatic ring is 2. The number of phenolic OH excluding ortho intramolecular Hbond substituents is 1. The number of aromatic nitrogens is 8. The standard InChI is InChI=1S/C22H21F2N3O5.C16H12F2N4O3.C15H17ClN2O3.C9H8ClN3O.C7H5F2NO2.ClH/c1-22(2,3)31-17(28)10-12-4-6-13(7-5-12)21-26-16(32-27-21)11-30-15-9-8-14(23)18(19(15)24)20(25)29;17-10-5-6-11(14(18)13(10)15(20)23)24-7-12-21-16(22-25-12)8-1-3-9(19)4-2-8;1-15(2,3)20-13(19)8-10-4-6-11(7-5-10)14-17-12(9-16)21-18-14;10-5-8-12-9(13-14-8)6-1-3-7(11)4-2-6;8-3-1-2-4(11)6(9)5(3)7(10)12;/h4-9H,10-11H2,1-3H3,(H2,25,29);1-6H,7,19H2,(H2,20,23);4-7H,8-9H2,1-3H3;1-4H,5,11H2;1-2,11H,(H2,10,12);1H. The van der Waals surface area contributed by atoms with Crippen LogP contribution in [-0.2, 0) is 56.9 Å². The largest absolute Gasteiger partial charge is 0.505 e. The molecule has 552 valence electrons. The summed E-state index contributed by atoms with van der Waals surface area (Å²) >= 11 is 11.2. The van der Waals surface area contributed by atoms with Crippen LogP contribution in [0.15, 0.2) is 152 Å². The lowest BCUT2D eigenvalue weighted by Gasteiger charge is -2.19. The molecule has 0 aliphatic rings. The van der Waals surface area contributed by atoms with Crippen molar-refractivity contribution in [3.63, 3.8) is 0 Å². The Morgan fingerprint density at radius 1 is 0.419 bits per heavy atom. The topological polar surface area (TPSA) is 428 Å². The Labute approximate surface area is 608 Å². The van der Waals surface area contributed by atoms with Crippen molar-refractivity contribution in [2.45, 2.75) is 90.6 Å². The molecule has 11 aromatic rings. The molecule has 0 aliphatic heterocycles. The van der Waals surface area contributed by atoms with Gasteiger partial charge in [-0.05, 0) is 138 Å². The lowest BCUT2D eigenvalue weighted by atomic mass is 10.1. The first kappa shape index (κ1) is 81.9. The third-order valence-electron chi connectivity index (χ3n) is 13.0. The van der Waals surface area contributed by atoms with Crippen LogP contribution in [0.4, 0.5) is 37.7 Å². The van der Waals surface area contributed by atoms with Crippen molar-refractivity contribution in [3.05, 3.63) is 220 Å². The van der Waals surface area contributed by atoms with E-state index in [1.54, 1.807) is 81.4 Å². The lowest BCUT2D eigenvalue weighted by molar-refractivity contribution is -0.155. The molecule has 4 heterocycles. The zero-order valence-electron chi connectivity index (χ0n) is 56.1. The molecule has 0 spiro atoms. The monoisotopic (exact) mass is 1520 g/mol. The van der Waals surface area contributed by atoms with Crippen molar-refractivity contribution in [1.29, 1.82) is 0 Å². The molecule has 0 radical (unpaired) electrons. The number of carbonyl (C=O) groups excluding carboxylic acids is 5. The summed E-state index contributed by atoms with van der Waals surface area (Å²) in [4.78, 5) is 72.9. The van der Waals surface area contributed by atoms with Crippen molar-refractivity contribution in [2.75, 3.05) is 11.5 Å². The Bertz CT molecular complexity index is 4790. The highest BCUT2D eigenvalue weighted by Crippen LogP contribution is 2.28. The number of phenols is 1.